The molecule has 1 aliphatic rings. The molecule has 15 heteroatoms. The molecule has 208 valence electrons. The number of anilines is 1. The molecule has 1 atom stereocenters. The van der Waals surface area contributed by atoms with E-state index in [-0.39, 0.29) is 18.0 Å². The van der Waals surface area contributed by atoms with Gasteiger partial charge in [-0.1, -0.05) is 23.5 Å². The van der Waals surface area contributed by atoms with Crippen molar-refractivity contribution in [2.45, 2.75) is 38.5 Å². The number of hydrazine groups is 1. The highest BCUT2D eigenvalue weighted by atomic mass is 32.1. The topological polar surface area (TPSA) is 158 Å². The fraction of sp³-hybridized carbons (Fsp3) is 0.478. The van der Waals surface area contributed by atoms with Gasteiger partial charge in [0.25, 0.3) is 5.91 Å². The summed E-state index contributed by atoms with van der Waals surface area (Å²) in [7, 11) is 0. The number of ether oxygens (including phenoxy) is 2. The van der Waals surface area contributed by atoms with E-state index in [0.717, 1.165) is 25.0 Å². The van der Waals surface area contributed by atoms with Crippen molar-refractivity contribution in [1.82, 2.24) is 20.5 Å². The lowest BCUT2D eigenvalue weighted by molar-refractivity contribution is -0.274. The maximum absolute atomic E-state index is 12.4. The SMILES string of the molecule is N/C(=C\N(N)CCCCc1nnc(NC(=O)Cc2cccc(OC(F)(F)F)c2)s1)C(=O)NCC1CCOC1. The number of amides is 2. The van der Waals surface area contributed by atoms with Crippen LogP contribution in [0.2, 0.25) is 0 Å². The van der Waals surface area contributed by atoms with Crippen LogP contribution < -0.4 is 26.9 Å². The molecule has 3 rings (SSSR count). The minimum Gasteiger partial charge on any atom is -0.406 e. The van der Waals surface area contributed by atoms with Gasteiger partial charge in [-0.2, -0.15) is 0 Å². The van der Waals surface area contributed by atoms with Crippen LogP contribution >= 0.6 is 11.3 Å². The number of carbonyl (C=O) groups is 2. The predicted octanol–water partition coefficient (Wildman–Crippen LogP) is 2.07. The summed E-state index contributed by atoms with van der Waals surface area (Å²) in [6.07, 6.45) is -0.639. The quantitative estimate of drug-likeness (QED) is 0.125. The predicted molar refractivity (Wildman–Crippen MR) is 133 cm³/mol. The molecule has 0 spiro atoms. The van der Waals surface area contributed by atoms with Crippen molar-refractivity contribution in [3.8, 4) is 5.75 Å². The van der Waals surface area contributed by atoms with Gasteiger partial charge in [0.15, 0.2) is 0 Å². The molecule has 1 aromatic heterocycles. The summed E-state index contributed by atoms with van der Waals surface area (Å²) in [4.78, 5) is 24.3. The normalized spacial score (nSPS) is 15.8. The molecule has 1 unspecified atom stereocenters. The fourth-order valence-corrected chi connectivity index (χ4v) is 4.36. The van der Waals surface area contributed by atoms with Crippen LogP contribution in [0.25, 0.3) is 0 Å². The van der Waals surface area contributed by atoms with Crippen LogP contribution in [0, 0.1) is 5.92 Å². The summed E-state index contributed by atoms with van der Waals surface area (Å²) >= 11 is 1.21. The van der Waals surface area contributed by atoms with E-state index in [1.54, 1.807) is 0 Å². The van der Waals surface area contributed by atoms with Crippen LogP contribution in [0.5, 0.6) is 5.75 Å². The maximum atomic E-state index is 12.4. The molecule has 11 nitrogen and oxygen atoms in total. The van der Waals surface area contributed by atoms with Crippen molar-refractivity contribution in [1.29, 1.82) is 0 Å². The van der Waals surface area contributed by atoms with Crippen molar-refractivity contribution >= 4 is 28.3 Å². The van der Waals surface area contributed by atoms with E-state index < -0.39 is 18.0 Å². The first-order chi connectivity index (χ1) is 18.1. The average molecular weight is 558 g/mol. The molecule has 0 bridgehead atoms. The molecule has 0 aliphatic carbocycles. The lowest BCUT2D eigenvalue weighted by Crippen LogP contribution is -2.35. The smallest absolute Gasteiger partial charge is 0.406 e. The second-order valence-electron chi connectivity index (χ2n) is 8.64. The minimum atomic E-state index is -4.81. The number of benzene rings is 1. The number of nitrogens with zero attached hydrogens (tertiary/aromatic N) is 3. The maximum Gasteiger partial charge on any atom is 0.573 e. The Labute approximate surface area is 221 Å². The molecule has 2 aromatic rings. The summed E-state index contributed by atoms with van der Waals surface area (Å²) in [6, 6.07) is 5.21. The van der Waals surface area contributed by atoms with Crippen LogP contribution in [0.15, 0.2) is 36.2 Å². The second kappa shape index (κ2) is 13.9. The molecular weight excluding hydrogens is 527 g/mol. The average Bonchev–Trinajstić information content (AvgIpc) is 3.51. The van der Waals surface area contributed by atoms with Crippen molar-refractivity contribution < 1.29 is 32.2 Å². The highest BCUT2D eigenvalue weighted by Crippen LogP contribution is 2.24. The number of rotatable bonds is 13. The van der Waals surface area contributed by atoms with Crippen LogP contribution in [-0.4, -0.2) is 59.7 Å². The van der Waals surface area contributed by atoms with Gasteiger partial charge in [0, 0.05) is 38.2 Å². The van der Waals surface area contributed by atoms with Crippen LogP contribution in [-0.2, 0) is 27.2 Å². The lowest BCUT2D eigenvalue weighted by Gasteiger charge is -2.15. The molecule has 6 N–H and O–H groups in total. The Morgan fingerprint density at radius 3 is 2.84 bits per heavy atom. The van der Waals surface area contributed by atoms with Gasteiger partial charge in [0.2, 0.25) is 11.0 Å². The highest BCUT2D eigenvalue weighted by Gasteiger charge is 2.31. The molecule has 0 saturated carbocycles. The van der Waals surface area contributed by atoms with E-state index in [9.17, 15) is 22.8 Å². The van der Waals surface area contributed by atoms with E-state index in [1.807, 2.05) is 0 Å². The monoisotopic (exact) mass is 557 g/mol. The first-order valence-corrected chi connectivity index (χ1v) is 12.7. The van der Waals surface area contributed by atoms with E-state index >= 15 is 0 Å². The highest BCUT2D eigenvalue weighted by molar-refractivity contribution is 7.15. The van der Waals surface area contributed by atoms with Gasteiger partial charge >= 0.3 is 6.36 Å². The summed E-state index contributed by atoms with van der Waals surface area (Å²) in [5.74, 6) is 5.00. The fourth-order valence-electron chi connectivity index (χ4n) is 3.56. The zero-order valence-electron chi connectivity index (χ0n) is 20.5. The number of nitrogens with two attached hydrogens (primary N) is 2. The Hall–Kier alpha value is -3.43. The number of aromatic nitrogens is 2. The van der Waals surface area contributed by atoms with Gasteiger partial charge < -0.3 is 30.8 Å². The zero-order valence-corrected chi connectivity index (χ0v) is 21.3. The van der Waals surface area contributed by atoms with Gasteiger partial charge in [-0.3, -0.25) is 9.59 Å². The Balaban J connectivity index is 1.35. The Kier molecular flexibility index (Phi) is 10.7. The standard InChI is InChI=1S/C23H30F3N7O4S/c24-23(25,26)37-17-5-3-4-15(10-17)11-19(34)30-22-32-31-20(38-22)6-1-2-8-33(28)13-18(27)21(35)29-12-16-7-9-36-14-16/h3-5,10,13,16H,1-2,6-9,11-12,14,27-28H2,(H,29,35)(H,30,32,34)/b18-13-. The lowest BCUT2D eigenvalue weighted by atomic mass is 10.1. The molecule has 38 heavy (non-hydrogen) atoms. The molecular formula is C23H30F3N7O4S. The molecule has 1 saturated heterocycles. The Morgan fingerprint density at radius 2 is 2.11 bits per heavy atom. The number of alkyl halides is 3. The van der Waals surface area contributed by atoms with Crippen molar-refractivity contribution in [3.05, 3.63) is 46.7 Å². The van der Waals surface area contributed by atoms with E-state index in [1.165, 1.54) is 34.7 Å². The Bertz CT molecular complexity index is 1110. The summed E-state index contributed by atoms with van der Waals surface area (Å²) in [6.45, 7) is 2.31. The minimum absolute atomic E-state index is 0.0236. The number of nitrogens with one attached hydrogen (secondary N) is 2. The first-order valence-electron chi connectivity index (χ1n) is 11.9. The van der Waals surface area contributed by atoms with Gasteiger partial charge in [0.1, 0.15) is 16.5 Å². The van der Waals surface area contributed by atoms with Gasteiger partial charge in [-0.05, 0) is 37.0 Å². The molecule has 1 aromatic carbocycles. The van der Waals surface area contributed by atoms with Crippen molar-refractivity contribution in [3.63, 3.8) is 0 Å². The number of hydrogen-bond donors (Lipinski definition) is 4. The van der Waals surface area contributed by atoms with Crippen molar-refractivity contribution in [2.24, 2.45) is 17.5 Å². The molecule has 2 amide bonds. The van der Waals surface area contributed by atoms with Crippen LogP contribution in [0.1, 0.15) is 29.8 Å². The van der Waals surface area contributed by atoms with E-state index in [0.29, 0.717) is 60.8 Å². The molecule has 2 heterocycles. The summed E-state index contributed by atoms with van der Waals surface area (Å²) in [5.41, 5.74) is 6.20. The number of unbranched alkanes of at least 4 members (excludes halogenated alkanes) is 1. The second-order valence-corrected chi connectivity index (χ2v) is 9.70. The number of halogens is 3. The van der Waals surface area contributed by atoms with Crippen LogP contribution in [0.3, 0.4) is 0 Å². The third kappa shape index (κ3) is 10.5. The zero-order chi connectivity index (χ0) is 27.5. The van der Waals surface area contributed by atoms with Crippen LogP contribution in [0.4, 0.5) is 18.3 Å². The van der Waals surface area contributed by atoms with E-state index in [2.05, 4.69) is 25.6 Å². The molecule has 1 fully saturated rings. The Morgan fingerprint density at radius 1 is 1.29 bits per heavy atom. The van der Waals surface area contributed by atoms with Gasteiger partial charge in [-0.25, -0.2) is 5.84 Å². The van der Waals surface area contributed by atoms with Crippen molar-refractivity contribution in [2.75, 3.05) is 31.6 Å². The molecule has 0 radical (unpaired) electrons. The van der Waals surface area contributed by atoms with E-state index in [4.69, 9.17) is 16.3 Å². The van der Waals surface area contributed by atoms with Gasteiger partial charge in [0.05, 0.1) is 13.0 Å². The molecule has 1 aliphatic heterocycles. The number of carbonyl (C=O) groups excluding carboxylic acids is 2. The third-order valence-corrected chi connectivity index (χ3v) is 6.31. The summed E-state index contributed by atoms with van der Waals surface area (Å²) in [5, 5.41) is 15.7. The largest absolute Gasteiger partial charge is 0.573 e. The third-order valence-electron chi connectivity index (χ3n) is 5.41. The number of aryl methyl sites for hydroxylation is 1. The van der Waals surface area contributed by atoms with Gasteiger partial charge in [-0.15, -0.1) is 23.4 Å². The first kappa shape index (κ1) is 29.1. The summed E-state index contributed by atoms with van der Waals surface area (Å²) < 4.78 is 46.3. The number of hydrogen-bond acceptors (Lipinski definition) is 10.